The minimum atomic E-state index is -0.334. The molecular weight excluding hydrogens is 238 g/mol. The number of hydroxylamine groups is 1. The molecule has 1 amide bonds. The van der Waals surface area contributed by atoms with Crippen LogP contribution in [0.25, 0.3) is 16.8 Å². The minimum Gasteiger partial charge on any atom is -0.289 e. The van der Waals surface area contributed by atoms with Gasteiger partial charge in [-0.3, -0.25) is 10.0 Å². The Labute approximate surface area is 112 Å². The van der Waals surface area contributed by atoms with E-state index in [1.165, 1.54) is 10.8 Å². The first-order valence-electron chi connectivity index (χ1n) is 6.38. The first-order chi connectivity index (χ1) is 9.29. The number of benzene rings is 2. The van der Waals surface area contributed by atoms with Gasteiger partial charge >= 0.3 is 0 Å². The molecule has 2 N–H and O–H groups in total. The van der Waals surface area contributed by atoms with Crippen molar-refractivity contribution in [3.63, 3.8) is 0 Å². The molecule has 0 aliphatic heterocycles. The molecule has 0 spiro atoms. The Morgan fingerprint density at radius 2 is 1.95 bits per heavy atom. The van der Waals surface area contributed by atoms with E-state index in [2.05, 4.69) is 42.5 Å². The van der Waals surface area contributed by atoms with Gasteiger partial charge in [0.15, 0.2) is 0 Å². The highest BCUT2D eigenvalue weighted by molar-refractivity contribution is 5.84. The SMILES string of the molecule is O=C(CCC/C=C\c1ccc2ccccc2c1)NO. The number of nitrogens with one attached hydrogen (secondary N) is 1. The van der Waals surface area contributed by atoms with E-state index < -0.39 is 0 Å². The van der Waals surface area contributed by atoms with Crippen LogP contribution in [-0.2, 0) is 4.79 Å². The van der Waals surface area contributed by atoms with Crippen molar-refractivity contribution in [1.82, 2.24) is 5.48 Å². The summed E-state index contributed by atoms with van der Waals surface area (Å²) < 4.78 is 0. The van der Waals surface area contributed by atoms with Gasteiger partial charge in [-0.25, -0.2) is 5.48 Å². The lowest BCUT2D eigenvalue weighted by Crippen LogP contribution is -2.17. The molecule has 0 heterocycles. The van der Waals surface area contributed by atoms with E-state index >= 15 is 0 Å². The lowest BCUT2D eigenvalue weighted by Gasteiger charge is -1.99. The molecule has 19 heavy (non-hydrogen) atoms. The van der Waals surface area contributed by atoms with Crippen molar-refractivity contribution in [3.05, 3.63) is 54.1 Å². The summed E-state index contributed by atoms with van der Waals surface area (Å²) in [5, 5.41) is 10.8. The molecular formula is C16H17NO2. The van der Waals surface area contributed by atoms with Crippen LogP contribution >= 0.6 is 0 Å². The maximum absolute atomic E-state index is 10.8. The van der Waals surface area contributed by atoms with E-state index in [0.29, 0.717) is 6.42 Å². The highest BCUT2D eigenvalue weighted by atomic mass is 16.5. The van der Waals surface area contributed by atoms with Crippen molar-refractivity contribution in [3.8, 4) is 0 Å². The van der Waals surface area contributed by atoms with E-state index in [4.69, 9.17) is 5.21 Å². The van der Waals surface area contributed by atoms with E-state index in [0.717, 1.165) is 18.4 Å². The largest absolute Gasteiger partial charge is 0.289 e. The molecule has 0 bridgehead atoms. The van der Waals surface area contributed by atoms with Crippen molar-refractivity contribution in [1.29, 1.82) is 0 Å². The Balaban J connectivity index is 1.92. The predicted molar refractivity (Wildman–Crippen MR) is 76.8 cm³/mol. The summed E-state index contributed by atoms with van der Waals surface area (Å²) in [7, 11) is 0. The molecule has 0 aliphatic carbocycles. The normalized spacial score (nSPS) is 11.0. The zero-order valence-electron chi connectivity index (χ0n) is 10.7. The first-order valence-corrected chi connectivity index (χ1v) is 6.38. The monoisotopic (exact) mass is 255 g/mol. The van der Waals surface area contributed by atoms with Gasteiger partial charge in [0.2, 0.25) is 5.91 Å². The zero-order chi connectivity index (χ0) is 13.5. The summed E-state index contributed by atoms with van der Waals surface area (Å²) in [6, 6.07) is 14.6. The topological polar surface area (TPSA) is 49.3 Å². The van der Waals surface area contributed by atoms with Gasteiger partial charge in [0.25, 0.3) is 0 Å². The maximum Gasteiger partial charge on any atom is 0.243 e. The molecule has 0 radical (unpaired) electrons. The molecule has 0 aliphatic rings. The highest BCUT2D eigenvalue weighted by Crippen LogP contribution is 2.16. The summed E-state index contributed by atoms with van der Waals surface area (Å²) in [5.41, 5.74) is 2.79. The third-order valence-corrected chi connectivity index (χ3v) is 2.98. The molecule has 0 unspecified atom stereocenters. The molecule has 98 valence electrons. The number of carbonyl (C=O) groups is 1. The minimum absolute atomic E-state index is 0.334. The van der Waals surface area contributed by atoms with Crippen LogP contribution in [0.5, 0.6) is 0 Å². The third-order valence-electron chi connectivity index (χ3n) is 2.98. The number of hydrogen-bond donors (Lipinski definition) is 2. The fourth-order valence-corrected chi connectivity index (χ4v) is 1.97. The second-order valence-corrected chi connectivity index (χ2v) is 4.44. The number of unbranched alkanes of at least 4 members (excludes halogenated alkanes) is 1. The average Bonchev–Trinajstić information content (AvgIpc) is 2.46. The van der Waals surface area contributed by atoms with Crippen LogP contribution in [-0.4, -0.2) is 11.1 Å². The summed E-state index contributed by atoms with van der Waals surface area (Å²) in [6.45, 7) is 0. The fourth-order valence-electron chi connectivity index (χ4n) is 1.97. The number of allylic oxidation sites excluding steroid dienone is 1. The van der Waals surface area contributed by atoms with Crippen LogP contribution in [0.2, 0.25) is 0 Å². The maximum atomic E-state index is 10.8. The lowest BCUT2D eigenvalue weighted by molar-refractivity contribution is -0.129. The van der Waals surface area contributed by atoms with E-state index in [-0.39, 0.29) is 5.91 Å². The van der Waals surface area contributed by atoms with Crippen molar-refractivity contribution >= 4 is 22.8 Å². The number of amides is 1. The smallest absolute Gasteiger partial charge is 0.243 e. The van der Waals surface area contributed by atoms with E-state index in [1.54, 1.807) is 5.48 Å². The molecule has 0 atom stereocenters. The predicted octanol–water partition coefficient (Wildman–Crippen LogP) is 3.53. The van der Waals surface area contributed by atoms with Gasteiger partial charge in [-0.1, -0.05) is 48.6 Å². The Hall–Kier alpha value is -2.13. The van der Waals surface area contributed by atoms with Gasteiger partial charge in [0, 0.05) is 6.42 Å². The van der Waals surface area contributed by atoms with Gasteiger partial charge in [-0.05, 0) is 35.2 Å². The zero-order valence-corrected chi connectivity index (χ0v) is 10.7. The van der Waals surface area contributed by atoms with Crippen LogP contribution in [0.3, 0.4) is 0 Å². The molecule has 0 saturated carbocycles. The Morgan fingerprint density at radius 3 is 2.74 bits per heavy atom. The van der Waals surface area contributed by atoms with Gasteiger partial charge in [-0.2, -0.15) is 0 Å². The number of rotatable bonds is 5. The molecule has 2 rings (SSSR count). The Kier molecular flexibility index (Phi) is 4.70. The van der Waals surface area contributed by atoms with Crippen LogP contribution in [0.1, 0.15) is 24.8 Å². The van der Waals surface area contributed by atoms with Crippen LogP contribution < -0.4 is 5.48 Å². The second-order valence-electron chi connectivity index (χ2n) is 4.44. The molecule has 0 fully saturated rings. The summed E-state index contributed by atoms with van der Waals surface area (Å²) in [6.07, 6.45) is 6.01. The van der Waals surface area contributed by atoms with Crippen LogP contribution in [0.4, 0.5) is 0 Å². The summed E-state index contributed by atoms with van der Waals surface area (Å²) >= 11 is 0. The standard InChI is InChI=1S/C16H17NO2/c18-16(17-19)9-3-1-2-6-13-10-11-14-7-4-5-8-15(14)12-13/h2,4-8,10-12,19H,1,3,9H2,(H,17,18)/b6-2-. The van der Waals surface area contributed by atoms with Crippen LogP contribution in [0.15, 0.2) is 48.5 Å². The van der Waals surface area contributed by atoms with Gasteiger partial charge in [0.05, 0.1) is 0 Å². The van der Waals surface area contributed by atoms with Crippen molar-refractivity contribution < 1.29 is 10.0 Å². The fraction of sp³-hybridized carbons (Fsp3) is 0.188. The van der Waals surface area contributed by atoms with Crippen molar-refractivity contribution in [2.75, 3.05) is 0 Å². The highest BCUT2D eigenvalue weighted by Gasteiger charge is 1.96. The molecule has 2 aromatic rings. The van der Waals surface area contributed by atoms with E-state index in [9.17, 15) is 4.79 Å². The summed E-state index contributed by atoms with van der Waals surface area (Å²) in [4.78, 5) is 10.8. The summed E-state index contributed by atoms with van der Waals surface area (Å²) in [5.74, 6) is -0.334. The quantitative estimate of drug-likeness (QED) is 0.488. The lowest BCUT2D eigenvalue weighted by atomic mass is 10.1. The number of fused-ring (bicyclic) bond motifs is 1. The Morgan fingerprint density at radius 1 is 1.16 bits per heavy atom. The first kappa shape index (κ1) is 13.3. The number of carbonyl (C=O) groups excluding carboxylic acids is 1. The van der Waals surface area contributed by atoms with E-state index in [1.807, 2.05) is 12.1 Å². The van der Waals surface area contributed by atoms with Crippen LogP contribution in [0, 0.1) is 0 Å². The Bertz CT molecular complexity index is 590. The molecule has 3 heteroatoms. The third kappa shape index (κ3) is 3.93. The average molecular weight is 255 g/mol. The van der Waals surface area contributed by atoms with Gasteiger partial charge in [0.1, 0.15) is 0 Å². The van der Waals surface area contributed by atoms with Gasteiger partial charge in [-0.15, -0.1) is 0 Å². The molecule has 0 saturated heterocycles. The van der Waals surface area contributed by atoms with Crippen molar-refractivity contribution in [2.45, 2.75) is 19.3 Å². The molecule has 0 aromatic heterocycles. The molecule has 3 nitrogen and oxygen atoms in total. The second kappa shape index (κ2) is 6.71. The molecule has 2 aromatic carbocycles. The van der Waals surface area contributed by atoms with Gasteiger partial charge < -0.3 is 0 Å². The van der Waals surface area contributed by atoms with Crippen molar-refractivity contribution in [2.24, 2.45) is 0 Å². The number of hydrogen-bond acceptors (Lipinski definition) is 2.